The minimum atomic E-state index is -0.0220. The van der Waals surface area contributed by atoms with Gasteiger partial charge in [0.25, 0.3) is 0 Å². The molecule has 0 bridgehead atoms. The van der Waals surface area contributed by atoms with E-state index in [2.05, 4.69) is 26.1 Å². The normalized spacial score (nSPS) is 29.5. The molecule has 0 radical (unpaired) electrons. The maximum absolute atomic E-state index is 5.36. The lowest BCUT2D eigenvalue weighted by molar-refractivity contribution is 0.0211. The molecule has 0 amide bonds. The van der Waals surface area contributed by atoms with Gasteiger partial charge in [-0.1, -0.05) is 6.92 Å². The monoisotopic (exact) mass is 185 g/mol. The Kier molecular flexibility index (Phi) is 3.74. The van der Waals surface area contributed by atoms with Gasteiger partial charge in [0.2, 0.25) is 0 Å². The molecule has 1 fully saturated rings. The molecule has 78 valence electrons. The van der Waals surface area contributed by atoms with Gasteiger partial charge in [0.05, 0.1) is 5.60 Å². The molecule has 0 spiro atoms. The van der Waals surface area contributed by atoms with Crippen LogP contribution in [0.5, 0.6) is 0 Å². The largest absolute Gasteiger partial charge is 0.377 e. The van der Waals surface area contributed by atoms with Crippen molar-refractivity contribution < 1.29 is 4.74 Å². The standard InChI is InChI=1S/C11H23NO/c1-9-5-6-10(7-9)12-8-11(2,3)13-4/h9-10,12H,5-8H2,1-4H3. The first-order valence-corrected chi connectivity index (χ1v) is 5.32. The fourth-order valence-corrected chi connectivity index (χ4v) is 1.85. The van der Waals surface area contributed by atoms with Crippen LogP contribution in [0.4, 0.5) is 0 Å². The van der Waals surface area contributed by atoms with Crippen LogP contribution >= 0.6 is 0 Å². The van der Waals surface area contributed by atoms with Crippen LogP contribution in [0.1, 0.15) is 40.0 Å². The van der Waals surface area contributed by atoms with Gasteiger partial charge in [0.15, 0.2) is 0 Å². The highest BCUT2D eigenvalue weighted by Crippen LogP contribution is 2.24. The Morgan fingerprint density at radius 3 is 2.54 bits per heavy atom. The smallest absolute Gasteiger partial charge is 0.0746 e. The maximum atomic E-state index is 5.36. The maximum Gasteiger partial charge on any atom is 0.0746 e. The molecule has 1 aliphatic carbocycles. The summed E-state index contributed by atoms with van der Waals surface area (Å²) in [6.45, 7) is 7.54. The minimum absolute atomic E-state index is 0.0220. The van der Waals surface area contributed by atoms with E-state index in [1.165, 1.54) is 19.3 Å². The third kappa shape index (κ3) is 3.65. The third-order valence-electron chi connectivity index (χ3n) is 3.06. The van der Waals surface area contributed by atoms with Crippen molar-refractivity contribution in [3.63, 3.8) is 0 Å². The molecule has 0 aromatic heterocycles. The highest BCUT2D eigenvalue weighted by Gasteiger charge is 2.23. The molecule has 1 rings (SSSR count). The predicted octanol–water partition coefficient (Wildman–Crippen LogP) is 2.19. The van der Waals surface area contributed by atoms with Gasteiger partial charge < -0.3 is 10.1 Å². The SMILES string of the molecule is COC(C)(C)CNC1CCC(C)C1. The minimum Gasteiger partial charge on any atom is -0.377 e. The number of hydrogen-bond donors (Lipinski definition) is 1. The van der Waals surface area contributed by atoms with Gasteiger partial charge in [-0.2, -0.15) is 0 Å². The lowest BCUT2D eigenvalue weighted by Gasteiger charge is -2.25. The van der Waals surface area contributed by atoms with E-state index in [9.17, 15) is 0 Å². The van der Waals surface area contributed by atoms with Crippen molar-refractivity contribution in [3.8, 4) is 0 Å². The van der Waals surface area contributed by atoms with Crippen LogP contribution in [0, 0.1) is 5.92 Å². The summed E-state index contributed by atoms with van der Waals surface area (Å²) in [5, 5.41) is 3.58. The second kappa shape index (κ2) is 4.43. The second-order valence-electron chi connectivity index (χ2n) is 4.96. The third-order valence-corrected chi connectivity index (χ3v) is 3.06. The van der Waals surface area contributed by atoms with Crippen molar-refractivity contribution in [2.24, 2.45) is 5.92 Å². The molecule has 13 heavy (non-hydrogen) atoms. The Labute approximate surface area is 82.0 Å². The molecule has 0 saturated heterocycles. The summed E-state index contributed by atoms with van der Waals surface area (Å²) in [4.78, 5) is 0. The summed E-state index contributed by atoms with van der Waals surface area (Å²) in [5.74, 6) is 0.906. The Bertz CT molecular complexity index is 156. The van der Waals surface area contributed by atoms with Crippen molar-refractivity contribution >= 4 is 0 Å². The van der Waals surface area contributed by atoms with E-state index in [1.807, 2.05) is 0 Å². The summed E-state index contributed by atoms with van der Waals surface area (Å²) in [7, 11) is 1.78. The van der Waals surface area contributed by atoms with Crippen LogP contribution in [0.3, 0.4) is 0 Å². The van der Waals surface area contributed by atoms with Crippen LogP contribution in [0.25, 0.3) is 0 Å². The zero-order valence-corrected chi connectivity index (χ0v) is 9.39. The van der Waals surface area contributed by atoms with E-state index >= 15 is 0 Å². The van der Waals surface area contributed by atoms with Crippen molar-refractivity contribution in [2.45, 2.75) is 51.7 Å². The Hall–Kier alpha value is -0.0800. The average Bonchev–Trinajstić information content (AvgIpc) is 2.48. The summed E-state index contributed by atoms with van der Waals surface area (Å²) in [6.07, 6.45) is 4.05. The fraction of sp³-hybridized carbons (Fsp3) is 1.00. The Morgan fingerprint density at radius 2 is 2.08 bits per heavy atom. The van der Waals surface area contributed by atoms with E-state index in [0.29, 0.717) is 0 Å². The van der Waals surface area contributed by atoms with Gasteiger partial charge in [-0.15, -0.1) is 0 Å². The van der Waals surface area contributed by atoms with Gasteiger partial charge >= 0.3 is 0 Å². The zero-order valence-electron chi connectivity index (χ0n) is 9.39. The van der Waals surface area contributed by atoms with Gasteiger partial charge in [0, 0.05) is 19.7 Å². The molecular weight excluding hydrogens is 162 g/mol. The molecule has 0 aromatic carbocycles. The highest BCUT2D eigenvalue weighted by atomic mass is 16.5. The van der Waals surface area contributed by atoms with Crippen molar-refractivity contribution in [3.05, 3.63) is 0 Å². The van der Waals surface area contributed by atoms with E-state index in [4.69, 9.17) is 4.74 Å². The number of nitrogens with one attached hydrogen (secondary N) is 1. The van der Waals surface area contributed by atoms with E-state index in [1.54, 1.807) is 7.11 Å². The van der Waals surface area contributed by atoms with Crippen LogP contribution in [0.2, 0.25) is 0 Å². The van der Waals surface area contributed by atoms with Crippen molar-refractivity contribution in [1.29, 1.82) is 0 Å². The van der Waals surface area contributed by atoms with Gasteiger partial charge in [-0.25, -0.2) is 0 Å². The van der Waals surface area contributed by atoms with E-state index in [0.717, 1.165) is 18.5 Å². The lowest BCUT2D eigenvalue weighted by Crippen LogP contribution is -2.40. The topological polar surface area (TPSA) is 21.3 Å². The first-order chi connectivity index (χ1) is 6.03. The zero-order chi connectivity index (χ0) is 9.90. The molecule has 0 aliphatic heterocycles. The molecule has 1 saturated carbocycles. The Balaban J connectivity index is 2.19. The second-order valence-corrected chi connectivity index (χ2v) is 4.96. The molecular formula is C11H23NO. The number of ether oxygens (including phenoxy) is 1. The lowest BCUT2D eigenvalue weighted by atomic mass is 10.1. The molecule has 1 N–H and O–H groups in total. The Morgan fingerprint density at radius 1 is 1.38 bits per heavy atom. The molecule has 2 unspecified atom stereocenters. The number of rotatable bonds is 4. The van der Waals surface area contributed by atoms with Crippen molar-refractivity contribution in [1.82, 2.24) is 5.32 Å². The molecule has 0 aromatic rings. The number of hydrogen-bond acceptors (Lipinski definition) is 2. The molecule has 2 nitrogen and oxygen atoms in total. The fourth-order valence-electron chi connectivity index (χ4n) is 1.85. The first kappa shape index (κ1) is 11.0. The van der Waals surface area contributed by atoms with Crippen LogP contribution in [0.15, 0.2) is 0 Å². The van der Waals surface area contributed by atoms with Crippen LogP contribution in [-0.2, 0) is 4.74 Å². The first-order valence-electron chi connectivity index (χ1n) is 5.32. The van der Waals surface area contributed by atoms with Gasteiger partial charge in [0.1, 0.15) is 0 Å². The van der Waals surface area contributed by atoms with Crippen LogP contribution in [-0.4, -0.2) is 25.3 Å². The van der Waals surface area contributed by atoms with Gasteiger partial charge in [-0.05, 0) is 39.0 Å². The van der Waals surface area contributed by atoms with E-state index < -0.39 is 0 Å². The van der Waals surface area contributed by atoms with Gasteiger partial charge in [-0.3, -0.25) is 0 Å². The predicted molar refractivity (Wildman–Crippen MR) is 55.9 cm³/mol. The number of methoxy groups -OCH3 is 1. The summed E-state index contributed by atoms with van der Waals surface area (Å²) < 4.78 is 5.36. The van der Waals surface area contributed by atoms with E-state index in [-0.39, 0.29) is 5.60 Å². The summed E-state index contributed by atoms with van der Waals surface area (Å²) in [6, 6.07) is 0.726. The summed E-state index contributed by atoms with van der Waals surface area (Å²) >= 11 is 0. The molecule has 0 heterocycles. The molecule has 2 heteroatoms. The highest BCUT2D eigenvalue weighted by molar-refractivity contribution is 4.81. The average molecular weight is 185 g/mol. The quantitative estimate of drug-likeness (QED) is 0.725. The summed E-state index contributed by atoms with van der Waals surface area (Å²) in [5.41, 5.74) is -0.0220. The van der Waals surface area contributed by atoms with Crippen molar-refractivity contribution in [2.75, 3.05) is 13.7 Å². The molecule has 1 aliphatic rings. The van der Waals surface area contributed by atoms with Crippen LogP contribution < -0.4 is 5.32 Å². The molecule has 2 atom stereocenters.